The molecular weight excluding hydrogens is 310 g/mol. The Morgan fingerprint density at radius 1 is 0.957 bits per heavy atom. The first-order chi connectivity index (χ1) is 11.2. The van der Waals surface area contributed by atoms with Crippen LogP contribution < -0.4 is 4.74 Å². The maximum absolute atomic E-state index is 12.9. The van der Waals surface area contributed by atoms with Crippen molar-refractivity contribution in [3.05, 3.63) is 60.3 Å². The van der Waals surface area contributed by atoms with Crippen molar-refractivity contribution in [2.45, 2.75) is 24.2 Å². The van der Waals surface area contributed by atoms with Crippen LogP contribution in [0.1, 0.15) is 18.4 Å². The van der Waals surface area contributed by atoms with E-state index in [1.54, 1.807) is 30.5 Å². The molecule has 0 amide bonds. The molecule has 0 atom stereocenters. The van der Waals surface area contributed by atoms with Crippen LogP contribution in [0, 0.1) is 0 Å². The second-order valence-corrected chi connectivity index (χ2v) is 7.53. The molecule has 1 aromatic heterocycles. The Morgan fingerprint density at radius 3 is 2.61 bits per heavy atom. The average Bonchev–Trinajstić information content (AvgIpc) is 2.87. The van der Waals surface area contributed by atoms with E-state index in [0.29, 0.717) is 10.4 Å². The van der Waals surface area contributed by atoms with Crippen LogP contribution in [0.5, 0.6) is 5.75 Å². The van der Waals surface area contributed by atoms with E-state index in [4.69, 9.17) is 4.74 Å². The van der Waals surface area contributed by atoms with Gasteiger partial charge < -0.3 is 4.74 Å². The van der Waals surface area contributed by atoms with Gasteiger partial charge in [-0.15, -0.1) is 0 Å². The quantitative estimate of drug-likeness (QED) is 0.722. The van der Waals surface area contributed by atoms with Gasteiger partial charge in [0.05, 0.1) is 17.0 Å². The van der Waals surface area contributed by atoms with E-state index < -0.39 is 10.0 Å². The summed E-state index contributed by atoms with van der Waals surface area (Å²) in [5, 5.41) is 0.962. The summed E-state index contributed by atoms with van der Waals surface area (Å²) in [6, 6.07) is 14.1. The summed E-state index contributed by atoms with van der Waals surface area (Å²) in [6.45, 7) is 0.724. The third-order valence-corrected chi connectivity index (χ3v) is 5.99. The van der Waals surface area contributed by atoms with E-state index in [1.165, 1.54) is 3.97 Å². The molecule has 0 radical (unpaired) electrons. The van der Waals surface area contributed by atoms with E-state index in [2.05, 4.69) is 0 Å². The second-order valence-electron chi connectivity index (χ2n) is 5.71. The van der Waals surface area contributed by atoms with Gasteiger partial charge in [0, 0.05) is 17.1 Å². The van der Waals surface area contributed by atoms with Crippen LogP contribution in [0.2, 0.25) is 0 Å². The number of hydrogen-bond acceptors (Lipinski definition) is 3. The van der Waals surface area contributed by atoms with Crippen LogP contribution in [0.4, 0.5) is 0 Å². The van der Waals surface area contributed by atoms with Gasteiger partial charge >= 0.3 is 0 Å². The minimum Gasteiger partial charge on any atom is -0.493 e. The van der Waals surface area contributed by atoms with E-state index in [1.807, 2.05) is 24.3 Å². The van der Waals surface area contributed by atoms with Crippen molar-refractivity contribution in [2.75, 3.05) is 6.61 Å². The first-order valence-electron chi connectivity index (χ1n) is 7.74. The smallest absolute Gasteiger partial charge is 0.268 e. The Bertz CT molecular complexity index is 959. The Kier molecular flexibility index (Phi) is 3.38. The van der Waals surface area contributed by atoms with Gasteiger partial charge in [-0.3, -0.25) is 0 Å². The lowest BCUT2D eigenvalue weighted by Gasteiger charge is -2.11. The number of hydrogen-bond donors (Lipinski definition) is 0. The molecule has 4 nitrogen and oxygen atoms in total. The molecule has 1 aliphatic rings. The minimum atomic E-state index is -3.58. The average molecular weight is 327 g/mol. The molecular formula is C18H17NO3S. The first-order valence-corrected chi connectivity index (χ1v) is 9.18. The van der Waals surface area contributed by atoms with E-state index >= 15 is 0 Å². The van der Waals surface area contributed by atoms with Crippen molar-refractivity contribution in [3.8, 4) is 5.75 Å². The summed E-state index contributed by atoms with van der Waals surface area (Å²) in [7, 11) is -3.58. The molecule has 23 heavy (non-hydrogen) atoms. The molecule has 1 aliphatic heterocycles. The molecule has 0 aliphatic carbocycles. The minimum absolute atomic E-state index is 0.295. The van der Waals surface area contributed by atoms with Gasteiger partial charge in [-0.2, -0.15) is 0 Å². The van der Waals surface area contributed by atoms with Gasteiger partial charge in [-0.1, -0.05) is 18.2 Å². The number of fused-ring (bicyclic) bond motifs is 3. The summed E-state index contributed by atoms with van der Waals surface area (Å²) >= 11 is 0. The largest absolute Gasteiger partial charge is 0.493 e. The van der Waals surface area contributed by atoms with Crippen LogP contribution in [-0.4, -0.2) is 19.0 Å². The highest BCUT2D eigenvalue weighted by Crippen LogP contribution is 2.33. The highest BCUT2D eigenvalue weighted by molar-refractivity contribution is 7.90. The fraction of sp³-hybridized carbons (Fsp3) is 0.222. The molecule has 2 aromatic carbocycles. The maximum atomic E-state index is 12.9. The molecule has 0 unspecified atom stereocenters. The molecule has 0 bridgehead atoms. The summed E-state index contributed by atoms with van der Waals surface area (Å²) in [4.78, 5) is 0.295. The Hall–Kier alpha value is -2.27. The second kappa shape index (κ2) is 5.42. The lowest BCUT2D eigenvalue weighted by atomic mass is 10.0. The fourth-order valence-corrected chi connectivity index (χ4v) is 4.50. The Morgan fingerprint density at radius 2 is 1.78 bits per heavy atom. The zero-order valence-corrected chi connectivity index (χ0v) is 13.4. The lowest BCUT2D eigenvalue weighted by Crippen LogP contribution is -2.11. The predicted molar refractivity (Wildman–Crippen MR) is 89.4 cm³/mol. The molecule has 118 valence electrons. The van der Waals surface area contributed by atoms with Crippen molar-refractivity contribution < 1.29 is 13.2 Å². The van der Waals surface area contributed by atoms with Crippen molar-refractivity contribution in [3.63, 3.8) is 0 Å². The molecule has 5 heteroatoms. The zero-order chi connectivity index (χ0) is 15.9. The van der Waals surface area contributed by atoms with Crippen LogP contribution in [-0.2, 0) is 16.4 Å². The van der Waals surface area contributed by atoms with Gasteiger partial charge in [0.15, 0.2) is 0 Å². The number of rotatable bonds is 2. The zero-order valence-electron chi connectivity index (χ0n) is 12.6. The van der Waals surface area contributed by atoms with Crippen molar-refractivity contribution in [1.82, 2.24) is 3.97 Å². The molecule has 4 rings (SSSR count). The Balaban J connectivity index is 1.92. The van der Waals surface area contributed by atoms with E-state index in [-0.39, 0.29) is 0 Å². The standard InChI is InChI=1S/C18H17NO3S/c20-23(21,14-6-2-1-3-7-14)19-12-11-15-16-8-4-5-13-22-18(16)10-9-17(15)19/h1-3,6-7,9-12H,4-5,8,13H2. The number of nitrogens with zero attached hydrogens (tertiary/aromatic N) is 1. The van der Waals surface area contributed by atoms with Gasteiger partial charge in [-0.05, 0) is 49.6 Å². The summed E-state index contributed by atoms with van der Waals surface area (Å²) in [6.07, 6.45) is 4.64. The molecule has 0 saturated carbocycles. The predicted octanol–water partition coefficient (Wildman–Crippen LogP) is 3.59. The summed E-state index contributed by atoms with van der Waals surface area (Å²) < 4.78 is 32.9. The van der Waals surface area contributed by atoms with Gasteiger partial charge in [-0.25, -0.2) is 12.4 Å². The van der Waals surface area contributed by atoms with E-state index in [9.17, 15) is 8.42 Å². The fourth-order valence-electron chi connectivity index (χ4n) is 3.13. The van der Waals surface area contributed by atoms with Crippen LogP contribution in [0.3, 0.4) is 0 Å². The molecule has 0 N–H and O–H groups in total. The van der Waals surface area contributed by atoms with Gasteiger partial charge in [0.1, 0.15) is 5.75 Å². The molecule has 0 spiro atoms. The van der Waals surface area contributed by atoms with Crippen LogP contribution in [0.15, 0.2) is 59.6 Å². The SMILES string of the molecule is O=S(=O)(c1ccccc1)n1ccc2c3c(ccc21)OCCCC3. The van der Waals surface area contributed by atoms with Crippen LogP contribution in [0.25, 0.3) is 10.9 Å². The normalized spacial score (nSPS) is 15.0. The topological polar surface area (TPSA) is 48.3 Å². The number of aromatic nitrogens is 1. The maximum Gasteiger partial charge on any atom is 0.268 e. The third-order valence-electron chi connectivity index (χ3n) is 4.28. The van der Waals surface area contributed by atoms with Crippen molar-refractivity contribution >= 4 is 20.9 Å². The number of aryl methyl sites for hydroxylation is 1. The molecule has 3 aromatic rings. The Labute approximate surface area is 135 Å². The summed E-state index contributed by atoms with van der Waals surface area (Å²) in [5.41, 5.74) is 1.82. The van der Waals surface area contributed by atoms with Crippen molar-refractivity contribution in [1.29, 1.82) is 0 Å². The number of benzene rings is 2. The highest BCUT2D eigenvalue weighted by atomic mass is 32.2. The van der Waals surface area contributed by atoms with Gasteiger partial charge in [0.25, 0.3) is 10.0 Å². The van der Waals surface area contributed by atoms with Crippen molar-refractivity contribution in [2.24, 2.45) is 0 Å². The highest BCUT2D eigenvalue weighted by Gasteiger charge is 2.21. The van der Waals surface area contributed by atoms with Crippen LogP contribution >= 0.6 is 0 Å². The lowest BCUT2D eigenvalue weighted by molar-refractivity contribution is 0.317. The monoisotopic (exact) mass is 327 g/mol. The third kappa shape index (κ3) is 2.32. The van der Waals surface area contributed by atoms with Gasteiger partial charge in [0.2, 0.25) is 0 Å². The molecule has 0 fully saturated rings. The molecule has 2 heterocycles. The van der Waals surface area contributed by atoms with E-state index in [0.717, 1.165) is 42.6 Å². The summed E-state index contributed by atoms with van der Waals surface area (Å²) in [5.74, 6) is 0.879. The molecule has 0 saturated heterocycles. The number of ether oxygens (including phenoxy) is 1. The first kappa shape index (κ1) is 14.3.